The number of nitrogens with zero attached hydrogens (tertiary/aromatic N) is 3. The second kappa shape index (κ2) is 6.69. The number of carbonyl (C=O) groups is 1. The Morgan fingerprint density at radius 2 is 2.17 bits per heavy atom. The molecular weight excluding hydrogens is 290 g/mol. The lowest BCUT2D eigenvalue weighted by Crippen LogP contribution is -2.32. The van der Waals surface area contributed by atoms with Crippen LogP contribution in [0.5, 0.6) is 0 Å². The number of unbranched alkanes of at least 4 members (excludes halogenated alkanes) is 1. The van der Waals surface area contributed by atoms with E-state index in [9.17, 15) is 4.79 Å². The van der Waals surface area contributed by atoms with Crippen LogP contribution in [-0.2, 0) is 13.6 Å². The van der Waals surface area contributed by atoms with Gasteiger partial charge in [0.05, 0.1) is 6.54 Å². The number of furan rings is 1. The average molecular weight is 311 g/mol. The molecule has 1 amide bonds. The van der Waals surface area contributed by atoms with Gasteiger partial charge in [-0.1, -0.05) is 31.5 Å². The molecule has 0 aliphatic carbocycles. The first-order chi connectivity index (χ1) is 11.2. The van der Waals surface area contributed by atoms with E-state index in [0.717, 1.165) is 29.6 Å². The van der Waals surface area contributed by atoms with Crippen molar-refractivity contribution in [3.05, 3.63) is 54.3 Å². The number of rotatable bonds is 6. The van der Waals surface area contributed by atoms with Crippen molar-refractivity contribution >= 4 is 16.9 Å². The smallest absolute Gasteiger partial charge is 0.290 e. The Balaban J connectivity index is 1.85. The molecule has 3 aromatic rings. The van der Waals surface area contributed by atoms with Gasteiger partial charge >= 0.3 is 0 Å². The van der Waals surface area contributed by atoms with E-state index in [0.29, 0.717) is 18.8 Å². The van der Waals surface area contributed by atoms with E-state index >= 15 is 0 Å². The van der Waals surface area contributed by atoms with Crippen molar-refractivity contribution in [2.45, 2.75) is 26.3 Å². The van der Waals surface area contributed by atoms with Gasteiger partial charge in [0.15, 0.2) is 5.76 Å². The fourth-order valence-corrected chi connectivity index (χ4v) is 2.56. The number of fused-ring (bicyclic) bond motifs is 1. The Morgan fingerprint density at radius 3 is 2.87 bits per heavy atom. The zero-order valence-electron chi connectivity index (χ0n) is 13.5. The van der Waals surface area contributed by atoms with Crippen molar-refractivity contribution in [2.24, 2.45) is 7.05 Å². The standard InChI is InChI=1S/C18H21N3O2/c1-3-4-10-21(13-17-19-9-11-20(17)2)18(22)16-12-14-7-5-6-8-15(14)23-16/h5-9,11-12H,3-4,10,13H2,1-2H3. The lowest BCUT2D eigenvalue weighted by molar-refractivity contribution is 0.0705. The number of imidazole rings is 1. The van der Waals surface area contributed by atoms with Crippen LogP contribution in [0.25, 0.3) is 11.0 Å². The van der Waals surface area contributed by atoms with Gasteiger partial charge in [-0.3, -0.25) is 4.79 Å². The van der Waals surface area contributed by atoms with Gasteiger partial charge < -0.3 is 13.9 Å². The molecule has 1 aromatic carbocycles. The molecule has 2 heterocycles. The van der Waals surface area contributed by atoms with Crippen LogP contribution < -0.4 is 0 Å². The third kappa shape index (κ3) is 3.28. The maximum Gasteiger partial charge on any atom is 0.290 e. The minimum absolute atomic E-state index is 0.0855. The first kappa shape index (κ1) is 15.3. The number of carbonyl (C=O) groups excluding carboxylic acids is 1. The minimum Gasteiger partial charge on any atom is -0.451 e. The summed E-state index contributed by atoms with van der Waals surface area (Å²) in [4.78, 5) is 19.0. The number of amides is 1. The second-order valence-corrected chi connectivity index (χ2v) is 5.68. The molecule has 0 atom stereocenters. The molecule has 0 radical (unpaired) electrons. The van der Waals surface area contributed by atoms with E-state index in [1.54, 1.807) is 6.20 Å². The third-order valence-corrected chi connectivity index (χ3v) is 3.96. The van der Waals surface area contributed by atoms with Crippen molar-refractivity contribution in [3.8, 4) is 0 Å². The molecule has 0 N–H and O–H groups in total. The van der Waals surface area contributed by atoms with Gasteiger partial charge in [0.1, 0.15) is 11.4 Å². The van der Waals surface area contributed by atoms with Crippen LogP contribution >= 0.6 is 0 Å². The van der Waals surface area contributed by atoms with Gasteiger partial charge in [-0.15, -0.1) is 0 Å². The van der Waals surface area contributed by atoms with Crippen molar-refractivity contribution in [1.29, 1.82) is 0 Å². The number of aryl methyl sites for hydroxylation is 1. The molecule has 0 aliphatic rings. The summed E-state index contributed by atoms with van der Waals surface area (Å²) in [6, 6.07) is 9.48. The summed E-state index contributed by atoms with van der Waals surface area (Å²) in [5.74, 6) is 1.17. The van der Waals surface area contributed by atoms with Gasteiger partial charge in [-0.05, 0) is 18.6 Å². The monoisotopic (exact) mass is 311 g/mol. The molecule has 0 fully saturated rings. The van der Waals surface area contributed by atoms with Gasteiger partial charge in [0.25, 0.3) is 5.91 Å². The molecular formula is C18H21N3O2. The summed E-state index contributed by atoms with van der Waals surface area (Å²) in [7, 11) is 1.94. The Hall–Kier alpha value is -2.56. The lowest BCUT2D eigenvalue weighted by Gasteiger charge is -2.21. The predicted octanol–water partition coefficient (Wildman–Crippen LogP) is 3.61. The molecule has 3 rings (SSSR count). The Morgan fingerprint density at radius 1 is 1.35 bits per heavy atom. The van der Waals surface area contributed by atoms with E-state index in [1.807, 2.05) is 53.0 Å². The number of hydrogen-bond donors (Lipinski definition) is 0. The summed E-state index contributed by atoms with van der Waals surface area (Å²) >= 11 is 0. The summed E-state index contributed by atoms with van der Waals surface area (Å²) in [6.45, 7) is 3.29. The van der Waals surface area contributed by atoms with Crippen LogP contribution in [0.3, 0.4) is 0 Å². The molecule has 120 valence electrons. The number of hydrogen-bond acceptors (Lipinski definition) is 3. The Bertz CT molecular complexity index is 770. The minimum atomic E-state index is -0.0855. The SMILES string of the molecule is CCCCN(Cc1nccn1C)C(=O)c1cc2ccccc2o1. The normalized spacial score (nSPS) is 11.0. The van der Waals surface area contributed by atoms with Crippen molar-refractivity contribution in [1.82, 2.24) is 14.5 Å². The number of aromatic nitrogens is 2. The van der Waals surface area contributed by atoms with Crippen LogP contribution in [0.2, 0.25) is 0 Å². The van der Waals surface area contributed by atoms with Crippen LogP contribution in [0.15, 0.2) is 47.1 Å². The van der Waals surface area contributed by atoms with E-state index in [2.05, 4.69) is 11.9 Å². The second-order valence-electron chi connectivity index (χ2n) is 5.68. The molecule has 0 saturated heterocycles. The highest BCUT2D eigenvalue weighted by atomic mass is 16.3. The molecule has 0 unspecified atom stereocenters. The maximum atomic E-state index is 12.9. The van der Waals surface area contributed by atoms with E-state index in [4.69, 9.17) is 4.42 Å². The van der Waals surface area contributed by atoms with Gasteiger partial charge in [0.2, 0.25) is 0 Å². The highest BCUT2D eigenvalue weighted by molar-refractivity contribution is 5.96. The Labute approximate surface area is 135 Å². The molecule has 0 aliphatic heterocycles. The molecule has 0 saturated carbocycles. The van der Waals surface area contributed by atoms with Crippen LogP contribution in [0.4, 0.5) is 0 Å². The first-order valence-corrected chi connectivity index (χ1v) is 7.93. The molecule has 2 aromatic heterocycles. The number of benzene rings is 1. The summed E-state index contributed by atoms with van der Waals surface area (Å²) in [5.41, 5.74) is 0.739. The van der Waals surface area contributed by atoms with Gasteiger partial charge in [0, 0.05) is 31.4 Å². The van der Waals surface area contributed by atoms with Crippen molar-refractivity contribution in [2.75, 3.05) is 6.54 Å². The first-order valence-electron chi connectivity index (χ1n) is 7.93. The molecule has 0 spiro atoms. The van der Waals surface area contributed by atoms with Gasteiger partial charge in [-0.2, -0.15) is 0 Å². The molecule has 5 heteroatoms. The fourth-order valence-electron chi connectivity index (χ4n) is 2.56. The molecule has 23 heavy (non-hydrogen) atoms. The quantitative estimate of drug-likeness (QED) is 0.699. The average Bonchev–Trinajstić information content (AvgIpc) is 3.16. The highest BCUT2D eigenvalue weighted by Gasteiger charge is 2.21. The summed E-state index contributed by atoms with van der Waals surface area (Å²) in [5, 5.41) is 0.947. The van der Waals surface area contributed by atoms with E-state index < -0.39 is 0 Å². The predicted molar refractivity (Wildman–Crippen MR) is 89.1 cm³/mol. The summed E-state index contributed by atoms with van der Waals surface area (Å²) < 4.78 is 7.66. The van der Waals surface area contributed by atoms with Crippen LogP contribution in [0, 0.1) is 0 Å². The Kier molecular flexibility index (Phi) is 4.46. The van der Waals surface area contributed by atoms with Crippen molar-refractivity contribution < 1.29 is 9.21 Å². The molecule has 5 nitrogen and oxygen atoms in total. The van der Waals surface area contributed by atoms with Crippen LogP contribution in [0.1, 0.15) is 36.1 Å². The highest BCUT2D eigenvalue weighted by Crippen LogP contribution is 2.21. The van der Waals surface area contributed by atoms with Crippen LogP contribution in [-0.4, -0.2) is 26.9 Å². The van der Waals surface area contributed by atoms with Crippen molar-refractivity contribution in [3.63, 3.8) is 0 Å². The van der Waals surface area contributed by atoms with Gasteiger partial charge in [-0.25, -0.2) is 4.98 Å². The lowest BCUT2D eigenvalue weighted by atomic mass is 10.2. The third-order valence-electron chi connectivity index (χ3n) is 3.96. The number of para-hydroxylation sites is 1. The topological polar surface area (TPSA) is 51.3 Å². The van der Waals surface area contributed by atoms with E-state index in [-0.39, 0.29) is 5.91 Å². The zero-order chi connectivity index (χ0) is 16.2. The molecule has 0 bridgehead atoms. The van der Waals surface area contributed by atoms with E-state index in [1.165, 1.54) is 0 Å². The fraction of sp³-hybridized carbons (Fsp3) is 0.333. The largest absolute Gasteiger partial charge is 0.451 e. The zero-order valence-corrected chi connectivity index (χ0v) is 13.5. The summed E-state index contributed by atoms with van der Waals surface area (Å²) in [6.07, 6.45) is 5.62. The maximum absolute atomic E-state index is 12.9.